The van der Waals surface area contributed by atoms with Crippen LogP contribution in [0.3, 0.4) is 0 Å². The van der Waals surface area contributed by atoms with Crippen LogP contribution in [0, 0.1) is 0 Å². The number of carbonyl (C=O) groups excluding carboxylic acids is 1. The van der Waals surface area contributed by atoms with Crippen molar-refractivity contribution in [2.24, 2.45) is 4.99 Å². The SMILES string of the molecule is C=CCC(NC(=O)c1cc(Cl)c(NC2=NCCN2)cc1OC)C1CCCN1. The summed E-state index contributed by atoms with van der Waals surface area (Å²) < 4.78 is 5.44. The number of methoxy groups -OCH3 is 1. The average molecular weight is 392 g/mol. The van der Waals surface area contributed by atoms with E-state index in [1.54, 1.807) is 12.1 Å². The first-order chi connectivity index (χ1) is 13.1. The van der Waals surface area contributed by atoms with Gasteiger partial charge in [-0.05, 0) is 31.9 Å². The number of ether oxygens (including phenoxy) is 1. The minimum absolute atomic E-state index is 0.0178. The van der Waals surface area contributed by atoms with E-state index in [4.69, 9.17) is 16.3 Å². The summed E-state index contributed by atoms with van der Waals surface area (Å²) in [6, 6.07) is 3.58. The largest absolute Gasteiger partial charge is 0.496 e. The third-order valence-electron chi connectivity index (χ3n) is 4.78. The van der Waals surface area contributed by atoms with Gasteiger partial charge in [-0.15, -0.1) is 6.58 Å². The zero-order chi connectivity index (χ0) is 19.2. The zero-order valence-electron chi connectivity index (χ0n) is 15.5. The Balaban J connectivity index is 1.78. The van der Waals surface area contributed by atoms with Crippen molar-refractivity contribution in [3.05, 3.63) is 35.4 Å². The second-order valence-electron chi connectivity index (χ2n) is 6.62. The first-order valence-corrected chi connectivity index (χ1v) is 9.58. The van der Waals surface area contributed by atoms with Gasteiger partial charge in [0.05, 0.1) is 29.9 Å². The van der Waals surface area contributed by atoms with Crippen LogP contribution in [0.1, 0.15) is 29.6 Å². The highest BCUT2D eigenvalue weighted by atomic mass is 35.5. The number of amides is 1. The molecule has 146 valence electrons. The molecule has 2 unspecified atom stereocenters. The first-order valence-electron chi connectivity index (χ1n) is 9.20. The number of nitrogens with zero attached hydrogens (tertiary/aromatic N) is 1. The maximum absolute atomic E-state index is 12.9. The summed E-state index contributed by atoms with van der Waals surface area (Å²) in [7, 11) is 1.54. The molecule has 3 rings (SSSR count). The summed E-state index contributed by atoms with van der Waals surface area (Å²) in [4.78, 5) is 17.2. The summed E-state index contributed by atoms with van der Waals surface area (Å²) in [5.74, 6) is 0.904. The van der Waals surface area contributed by atoms with Gasteiger partial charge in [-0.1, -0.05) is 17.7 Å². The molecule has 1 saturated heterocycles. The fourth-order valence-corrected chi connectivity index (χ4v) is 3.62. The van der Waals surface area contributed by atoms with Gasteiger partial charge < -0.3 is 26.0 Å². The molecule has 0 aromatic heterocycles. The zero-order valence-corrected chi connectivity index (χ0v) is 16.2. The van der Waals surface area contributed by atoms with Crippen LogP contribution in [-0.2, 0) is 0 Å². The predicted octanol–water partition coefficient (Wildman–Crippen LogP) is 2.15. The highest BCUT2D eigenvalue weighted by Crippen LogP contribution is 2.31. The fraction of sp³-hybridized carbons (Fsp3) is 0.474. The van der Waals surface area contributed by atoms with Gasteiger partial charge >= 0.3 is 0 Å². The van der Waals surface area contributed by atoms with E-state index in [1.807, 2.05) is 6.08 Å². The number of nitrogens with one attached hydrogen (secondary N) is 4. The van der Waals surface area contributed by atoms with Crippen LogP contribution in [0.2, 0.25) is 5.02 Å². The highest BCUT2D eigenvalue weighted by molar-refractivity contribution is 6.34. The minimum Gasteiger partial charge on any atom is -0.496 e. The van der Waals surface area contributed by atoms with E-state index in [0.29, 0.717) is 34.4 Å². The van der Waals surface area contributed by atoms with E-state index < -0.39 is 0 Å². The lowest BCUT2D eigenvalue weighted by Gasteiger charge is -2.24. The quantitative estimate of drug-likeness (QED) is 0.535. The molecule has 8 heteroatoms. The summed E-state index contributed by atoms with van der Waals surface area (Å²) in [6.45, 7) is 6.29. The lowest BCUT2D eigenvalue weighted by molar-refractivity contribution is 0.0926. The Kier molecular flexibility index (Phi) is 6.58. The maximum atomic E-state index is 12.9. The number of carbonyl (C=O) groups is 1. The van der Waals surface area contributed by atoms with Crippen molar-refractivity contribution >= 4 is 29.2 Å². The Morgan fingerprint density at radius 1 is 1.52 bits per heavy atom. The van der Waals surface area contributed by atoms with E-state index in [-0.39, 0.29) is 18.0 Å². The maximum Gasteiger partial charge on any atom is 0.255 e. The van der Waals surface area contributed by atoms with Crippen molar-refractivity contribution in [2.75, 3.05) is 32.1 Å². The van der Waals surface area contributed by atoms with Gasteiger partial charge in [0.1, 0.15) is 5.75 Å². The number of hydrogen-bond acceptors (Lipinski definition) is 6. The van der Waals surface area contributed by atoms with Crippen LogP contribution < -0.4 is 26.0 Å². The molecule has 2 aliphatic heterocycles. The number of guanidine groups is 1. The highest BCUT2D eigenvalue weighted by Gasteiger charge is 2.26. The molecular formula is C19H26ClN5O2. The Morgan fingerprint density at radius 3 is 3.00 bits per heavy atom. The minimum atomic E-state index is -0.211. The molecule has 27 heavy (non-hydrogen) atoms. The molecule has 2 atom stereocenters. The average Bonchev–Trinajstić information content (AvgIpc) is 3.36. The standard InChI is InChI=1S/C19H26ClN5O2/c1-3-5-15(14-6-4-7-21-14)24-18(26)12-10-13(20)16(11-17(12)27-2)25-19-22-8-9-23-19/h3,10-11,14-15,21H,1,4-9H2,2H3,(H,24,26)(H2,22,23,25). The molecule has 0 spiro atoms. The number of hydrogen-bond donors (Lipinski definition) is 4. The summed E-state index contributed by atoms with van der Waals surface area (Å²) in [6.07, 6.45) is 4.68. The van der Waals surface area contributed by atoms with Gasteiger partial charge in [-0.3, -0.25) is 9.79 Å². The third kappa shape index (κ3) is 4.73. The number of benzene rings is 1. The molecule has 2 heterocycles. The van der Waals surface area contributed by atoms with Crippen molar-refractivity contribution in [1.82, 2.24) is 16.0 Å². The molecule has 4 N–H and O–H groups in total. The number of halogens is 1. The summed E-state index contributed by atoms with van der Waals surface area (Å²) >= 11 is 6.40. The summed E-state index contributed by atoms with van der Waals surface area (Å²) in [5, 5.41) is 13.2. The van der Waals surface area contributed by atoms with Crippen molar-refractivity contribution in [2.45, 2.75) is 31.3 Å². The van der Waals surface area contributed by atoms with E-state index in [2.05, 4.69) is 32.8 Å². The predicted molar refractivity (Wildman–Crippen MR) is 109 cm³/mol. The Bertz CT molecular complexity index is 731. The number of aliphatic imine (C=N–C) groups is 1. The summed E-state index contributed by atoms with van der Waals surface area (Å²) in [5.41, 5.74) is 1.04. The van der Waals surface area contributed by atoms with E-state index in [9.17, 15) is 4.79 Å². The molecule has 0 bridgehead atoms. The monoisotopic (exact) mass is 391 g/mol. The lowest BCUT2D eigenvalue weighted by atomic mass is 10.0. The molecule has 7 nitrogen and oxygen atoms in total. The van der Waals surface area contributed by atoms with E-state index in [0.717, 1.165) is 32.5 Å². The Hall–Kier alpha value is -2.25. The topological polar surface area (TPSA) is 86.8 Å². The van der Waals surface area contributed by atoms with Crippen LogP contribution in [0.15, 0.2) is 29.8 Å². The van der Waals surface area contributed by atoms with Crippen LogP contribution in [0.4, 0.5) is 5.69 Å². The third-order valence-corrected chi connectivity index (χ3v) is 5.09. The van der Waals surface area contributed by atoms with Gasteiger partial charge in [0.15, 0.2) is 5.96 Å². The first kappa shape index (κ1) is 19.5. The van der Waals surface area contributed by atoms with Crippen LogP contribution >= 0.6 is 11.6 Å². The van der Waals surface area contributed by atoms with Gasteiger partial charge in [0.2, 0.25) is 0 Å². The molecule has 1 amide bonds. The molecule has 0 aliphatic carbocycles. The van der Waals surface area contributed by atoms with Crippen molar-refractivity contribution < 1.29 is 9.53 Å². The Morgan fingerprint density at radius 2 is 2.37 bits per heavy atom. The normalized spacial score (nSPS) is 19.8. The van der Waals surface area contributed by atoms with Gasteiger partial charge in [-0.2, -0.15) is 0 Å². The van der Waals surface area contributed by atoms with Crippen molar-refractivity contribution in [3.8, 4) is 5.75 Å². The van der Waals surface area contributed by atoms with Crippen LogP contribution in [0.5, 0.6) is 5.75 Å². The smallest absolute Gasteiger partial charge is 0.255 e. The second kappa shape index (κ2) is 9.10. The van der Waals surface area contributed by atoms with E-state index >= 15 is 0 Å². The van der Waals surface area contributed by atoms with Crippen molar-refractivity contribution in [3.63, 3.8) is 0 Å². The Labute approximate surface area is 164 Å². The number of anilines is 1. The van der Waals surface area contributed by atoms with Gasteiger partial charge in [-0.25, -0.2) is 0 Å². The number of rotatable bonds is 7. The second-order valence-corrected chi connectivity index (χ2v) is 7.03. The van der Waals surface area contributed by atoms with Crippen LogP contribution in [-0.4, -0.2) is 50.7 Å². The molecule has 2 aliphatic rings. The molecule has 0 saturated carbocycles. The molecule has 0 radical (unpaired) electrons. The molecule has 1 fully saturated rings. The molecular weight excluding hydrogens is 366 g/mol. The molecule has 1 aromatic rings. The van der Waals surface area contributed by atoms with Gasteiger partial charge in [0, 0.05) is 24.7 Å². The van der Waals surface area contributed by atoms with Gasteiger partial charge in [0.25, 0.3) is 5.91 Å². The molecule has 1 aromatic carbocycles. The van der Waals surface area contributed by atoms with E-state index in [1.165, 1.54) is 7.11 Å². The van der Waals surface area contributed by atoms with Crippen molar-refractivity contribution in [1.29, 1.82) is 0 Å². The fourth-order valence-electron chi connectivity index (χ4n) is 3.41. The lowest BCUT2D eigenvalue weighted by Crippen LogP contribution is -2.47. The van der Waals surface area contributed by atoms with Crippen LogP contribution in [0.25, 0.3) is 0 Å².